The largest absolute Gasteiger partial charge is 0.480 e. The summed E-state index contributed by atoms with van der Waals surface area (Å²) in [7, 11) is 0. The number of hydrogen-bond acceptors (Lipinski definition) is 3. The van der Waals surface area contributed by atoms with Gasteiger partial charge in [-0.15, -0.1) is 11.3 Å². The highest BCUT2D eigenvalue weighted by Gasteiger charge is 2.47. The molecule has 1 aliphatic heterocycles. The lowest BCUT2D eigenvalue weighted by atomic mass is 9.84. The molecule has 0 radical (unpaired) electrons. The molecule has 3 atom stereocenters. The summed E-state index contributed by atoms with van der Waals surface area (Å²) in [6.45, 7) is 0. The van der Waals surface area contributed by atoms with Crippen molar-refractivity contribution in [1.29, 1.82) is 0 Å². The predicted molar refractivity (Wildman–Crippen MR) is 80.0 cm³/mol. The number of aliphatic carboxylic acids is 1. The predicted octanol–water partition coefficient (Wildman–Crippen LogP) is 3.37. The van der Waals surface area contributed by atoms with Gasteiger partial charge in [0.2, 0.25) is 0 Å². The number of halogens is 1. The molecule has 1 saturated carbocycles. The zero-order valence-electron chi connectivity index (χ0n) is 10.9. The first kappa shape index (κ1) is 14.1. The number of fused-ring (bicyclic) bond motifs is 1. The average molecular weight is 358 g/mol. The van der Waals surface area contributed by atoms with Crippen molar-refractivity contribution in [3.8, 4) is 0 Å². The first-order valence-corrected chi connectivity index (χ1v) is 8.54. The van der Waals surface area contributed by atoms with Gasteiger partial charge >= 0.3 is 5.97 Å². The van der Waals surface area contributed by atoms with Gasteiger partial charge < -0.3 is 10.0 Å². The maximum atomic E-state index is 12.7. The van der Waals surface area contributed by atoms with Crippen molar-refractivity contribution in [2.45, 2.75) is 44.2 Å². The lowest BCUT2D eigenvalue weighted by Gasteiger charge is -2.32. The standard InChI is InChI=1S/C14H16BrNO3S/c15-12-6-9(7-20-12)13(17)16-10-4-2-1-3-8(10)5-11(16)14(18)19/h6-8,10-11H,1-5H2,(H,18,19). The number of amides is 1. The van der Waals surface area contributed by atoms with Crippen LogP contribution >= 0.6 is 27.3 Å². The van der Waals surface area contributed by atoms with Crippen LogP contribution in [0.1, 0.15) is 42.5 Å². The smallest absolute Gasteiger partial charge is 0.326 e. The molecule has 1 aliphatic carbocycles. The van der Waals surface area contributed by atoms with Gasteiger partial charge in [-0.2, -0.15) is 0 Å². The SMILES string of the molecule is O=C(O)C1CC2CCCCC2N1C(=O)c1csc(Br)c1. The van der Waals surface area contributed by atoms with Gasteiger partial charge in [-0.25, -0.2) is 4.79 Å². The normalized spacial score (nSPS) is 29.2. The van der Waals surface area contributed by atoms with Crippen LogP contribution in [0.25, 0.3) is 0 Å². The quantitative estimate of drug-likeness (QED) is 0.882. The number of thiophene rings is 1. The van der Waals surface area contributed by atoms with Gasteiger partial charge in [0.25, 0.3) is 5.91 Å². The van der Waals surface area contributed by atoms with Crippen molar-refractivity contribution in [3.05, 3.63) is 20.8 Å². The second-order valence-electron chi connectivity index (χ2n) is 5.55. The van der Waals surface area contributed by atoms with Crippen LogP contribution in [-0.4, -0.2) is 34.0 Å². The highest BCUT2D eigenvalue weighted by molar-refractivity contribution is 9.11. The first-order valence-electron chi connectivity index (χ1n) is 6.87. The van der Waals surface area contributed by atoms with Crippen LogP contribution in [0.4, 0.5) is 0 Å². The molecule has 1 aromatic heterocycles. The van der Waals surface area contributed by atoms with Crippen molar-refractivity contribution >= 4 is 39.1 Å². The Morgan fingerprint density at radius 1 is 1.35 bits per heavy atom. The van der Waals surface area contributed by atoms with Gasteiger partial charge in [0.1, 0.15) is 6.04 Å². The minimum absolute atomic E-state index is 0.107. The number of likely N-dealkylation sites (tertiary alicyclic amines) is 1. The number of carbonyl (C=O) groups is 2. The van der Waals surface area contributed by atoms with E-state index < -0.39 is 12.0 Å². The van der Waals surface area contributed by atoms with Crippen LogP contribution in [-0.2, 0) is 4.79 Å². The van der Waals surface area contributed by atoms with Crippen LogP contribution in [0.5, 0.6) is 0 Å². The lowest BCUT2D eigenvalue weighted by Crippen LogP contribution is -2.46. The molecule has 0 spiro atoms. The highest BCUT2D eigenvalue weighted by atomic mass is 79.9. The molecule has 1 N–H and O–H groups in total. The molecular weight excluding hydrogens is 342 g/mol. The Labute approximate surface area is 129 Å². The van der Waals surface area contributed by atoms with Crippen LogP contribution in [0.3, 0.4) is 0 Å². The molecule has 3 unspecified atom stereocenters. The van der Waals surface area contributed by atoms with Gasteiger partial charge in [-0.1, -0.05) is 12.8 Å². The summed E-state index contributed by atoms with van der Waals surface area (Å²) in [5, 5.41) is 11.2. The van der Waals surface area contributed by atoms with Crippen molar-refractivity contribution in [3.63, 3.8) is 0 Å². The van der Waals surface area contributed by atoms with Gasteiger partial charge in [0, 0.05) is 11.4 Å². The number of carboxylic acids is 1. The van der Waals surface area contributed by atoms with Gasteiger partial charge in [0.15, 0.2) is 0 Å². The second-order valence-corrected chi connectivity index (χ2v) is 7.84. The Kier molecular flexibility index (Phi) is 3.86. The molecular formula is C14H16BrNO3S. The van der Waals surface area contributed by atoms with E-state index in [0.717, 1.165) is 29.5 Å². The molecule has 2 heterocycles. The van der Waals surface area contributed by atoms with Gasteiger partial charge in [-0.05, 0) is 47.2 Å². The number of carbonyl (C=O) groups excluding carboxylic acids is 1. The lowest BCUT2D eigenvalue weighted by molar-refractivity contribution is -0.141. The minimum atomic E-state index is -0.873. The Hall–Kier alpha value is -0.880. The molecule has 1 saturated heterocycles. The molecule has 0 aromatic carbocycles. The Balaban J connectivity index is 1.90. The van der Waals surface area contributed by atoms with E-state index in [9.17, 15) is 14.7 Å². The monoisotopic (exact) mass is 357 g/mol. The van der Waals surface area contributed by atoms with E-state index in [1.807, 2.05) is 0 Å². The van der Waals surface area contributed by atoms with Crippen molar-refractivity contribution < 1.29 is 14.7 Å². The number of hydrogen-bond donors (Lipinski definition) is 1. The molecule has 108 valence electrons. The summed E-state index contributed by atoms with van der Waals surface area (Å²) in [5.41, 5.74) is 0.597. The molecule has 1 amide bonds. The molecule has 2 fully saturated rings. The molecule has 1 aromatic rings. The second kappa shape index (κ2) is 5.48. The van der Waals surface area contributed by atoms with Crippen LogP contribution < -0.4 is 0 Å². The summed E-state index contributed by atoms with van der Waals surface area (Å²) in [6.07, 6.45) is 4.83. The maximum absolute atomic E-state index is 12.7. The highest BCUT2D eigenvalue weighted by Crippen LogP contribution is 2.40. The molecule has 4 nitrogen and oxygen atoms in total. The fourth-order valence-electron chi connectivity index (χ4n) is 3.54. The Morgan fingerprint density at radius 3 is 2.75 bits per heavy atom. The summed E-state index contributed by atoms with van der Waals surface area (Å²) < 4.78 is 0.895. The van der Waals surface area contributed by atoms with Crippen molar-refractivity contribution in [1.82, 2.24) is 4.90 Å². The van der Waals surface area contributed by atoms with Gasteiger partial charge in [0.05, 0.1) is 9.35 Å². The van der Waals surface area contributed by atoms with Crippen molar-refractivity contribution in [2.24, 2.45) is 5.92 Å². The third kappa shape index (κ3) is 2.39. The topological polar surface area (TPSA) is 57.6 Å². The van der Waals surface area contributed by atoms with E-state index in [1.54, 1.807) is 16.3 Å². The number of nitrogens with zero attached hydrogens (tertiary/aromatic N) is 1. The molecule has 0 bridgehead atoms. The summed E-state index contributed by atoms with van der Waals surface area (Å²) in [6, 6.07) is 1.23. The van der Waals surface area contributed by atoms with E-state index in [1.165, 1.54) is 11.3 Å². The Bertz CT molecular complexity index is 544. The van der Waals surface area contributed by atoms with Gasteiger partial charge in [-0.3, -0.25) is 4.79 Å². The van der Waals surface area contributed by atoms with E-state index in [4.69, 9.17) is 0 Å². The number of rotatable bonds is 2. The Morgan fingerprint density at radius 2 is 2.10 bits per heavy atom. The average Bonchev–Trinajstić information content (AvgIpc) is 3.01. The van der Waals surface area contributed by atoms with E-state index >= 15 is 0 Å². The molecule has 3 rings (SSSR count). The minimum Gasteiger partial charge on any atom is -0.480 e. The summed E-state index contributed by atoms with van der Waals surface area (Å²) >= 11 is 4.81. The van der Waals surface area contributed by atoms with Crippen molar-refractivity contribution in [2.75, 3.05) is 0 Å². The van der Waals surface area contributed by atoms with E-state index in [-0.39, 0.29) is 11.9 Å². The van der Waals surface area contributed by atoms with E-state index in [0.29, 0.717) is 17.9 Å². The third-order valence-corrected chi connectivity index (χ3v) is 5.93. The zero-order valence-corrected chi connectivity index (χ0v) is 13.3. The summed E-state index contributed by atoms with van der Waals surface area (Å²) in [4.78, 5) is 25.8. The van der Waals surface area contributed by atoms with E-state index in [2.05, 4.69) is 15.9 Å². The fourth-order valence-corrected chi connectivity index (χ4v) is 4.67. The molecule has 2 aliphatic rings. The van der Waals surface area contributed by atoms with Crippen LogP contribution in [0.15, 0.2) is 15.2 Å². The first-order chi connectivity index (χ1) is 9.58. The molecule has 20 heavy (non-hydrogen) atoms. The zero-order chi connectivity index (χ0) is 14.3. The third-order valence-electron chi connectivity index (χ3n) is 4.42. The van der Waals surface area contributed by atoms with Crippen LogP contribution in [0.2, 0.25) is 0 Å². The maximum Gasteiger partial charge on any atom is 0.326 e. The fraction of sp³-hybridized carbons (Fsp3) is 0.571. The van der Waals surface area contributed by atoms with Crippen LogP contribution in [0, 0.1) is 5.92 Å². The summed E-state index contributed by atoms with van der Waals surface area (Å²) in [5.74, 6) is -0.647. The number of carboxylic acid groups (broad SMARTS) is 1. The molecule has 6 heteroatoms.